The van der Waals surface area contributed by atoms with Crippen molar-refractivity contribution in [2.75, 3.05) is 0 Å². The summed E-state index contributed by atoms with van der Waals surface area (Å²) in [5.74, 6) is -4.48. The molecule has 12 heteroatoms. The first kappa shape index (κ1) is 22.2. The molecule has 138 valence electrons. The van der Waals surface area contributed by atoms with Gasteiger partial charge in [-0.05, 0) is 41.4 Å². The van der Waals surface area contributed by atoms with Gasteiger partial charge in [0.15, 0.2) is 17.5 Å². The molecule has 0 spiro atoms. The van der Waals surface area contributed by atoms with Gasteiger partial charge < -0.3 is 0 Å². The average molecular weight is 449 g/mol. The van der Waals surface area contributed by atoms with E-state index in [1.165, 1.54) is 0 Å². The van der Waals surface area contributed by atoms with Crippen LogP contribution in [-0.2, 0) is 0 Å². The van der Waals surface area contributed by atoms with Crippen molar-refractivity contribution in [3.63, 3.8) is 0 Å². The molecular weight excluding hydrogens is 445 g/mol. The zero-order valence-corrected chi connectivity index (χ0v) is 15.1. The van der Waals surface area contributed by atoms with Gasteiger partial charge in [0.05, 0.1) is 15.5 Å². The SMILES string of the molecule is O=C(Cl)c1cc(F)c(F)c(F)c1.O=C(Cl)c1ccc([N+](=O)[O-])c(Cl)c1Cl. The summed E-state index contributed by atoms with van der Waals surface area (Å²) in [7, 11) is 0. The van der Waals surface area contributed by atoms with E-state index in [4.69, 9.17) is 46.4 Å². The minimum Gasteiger partial charge on any atom is -0.276 e. The minimum absolute atomic E-state index is 0.0519. The quantitative estimate of drug-likeness (QED) is 0.258. The monoisotopic (exact) mass is 447 g/mol. The molecule has 0 N–H and O–H groups in total. The molecular formula is C14H4Cl4F3NO4. The molecule has 5 nitrogen and oxygen atoms in total. The normalized spacial score (nSPS) is 9.96. The van der Waals surface area contributed by atoms with Crippen LogP contribution in [0.15, 0.2) is 24.3 Å². The molecule has 2 rings (SSSR count). The number of nitrogens with zero attached hydrogens (tertiary/aromatic N) is 1. The van der Waals surface area contributed by atoms with Crippen molar-refractivity contribution >= 4 is 62.6 Å². The number of halogens is 7. The molecule has 0 bridgehead atoms. The van der Waals surface area contributed by atoms with E-state index in [0.29, 0.717) is 12.1 Å². The van der Waals surface area contributed by atoms with Gasteiger partial charge in [-0.2, -0.15) is 0 Å². The van der Waals surface area contributed by atoms with Crippen molar-refractivity contribution in [3.05, 3.63) is 73.0 Å². The van der Waals surface area contributed by atoms with Crippen LogP contribution >= 0.6 is 46.4 Å². The van der Waals surface area contributed by atoms with Gasteiger partial charge in [-0.15, -0.1) is 0 Å². The van der Waals surface area contributed by atoms with Crippen molar-refractivity contribution in [2.24, 2.45) is 0 Å². The second kappa shape index (κ2) is 9.18. The van der Waals surface area contributed by atoms with E-state index in [1.54, 1.807) is 0 Å². The zero-order chi connectivity index (χ0) is 20.2. The number of nitro benzene ring substituents is 1. The fraction of sp³-hybridized carbons (Fsp3) is 0. The van der Waals surface area contributed by atoms with Crippen LogP contribution < -0.4 is 0 Å². The molecule has 0 aliphatic heterocycles. The summed E-state index contributed by atoms with van der Waals surface area (Å²) >= 11 is 21.2. The lowest BCUT2D eigenvalue weighted by molar-refractivity contribution is -0.384. The third-order valence-electron chi connectivity index (χ3n) is 2.68. The summed E-state index contributed by atoms with van der Waals surface area (Å²) < 4.78 is 37.0. The van der Waals surface area contributed by atoms with Crippen LogP contribution in [0, 0.1) is 27.6 Å². The van der Waals surface area contributed by atoms with E-state index in [1.807, 2.05) is 0 Å². The number of hydrogen-bond acceptors (Lipinski definition) is 4. The molecule has 0 aliphatic rings. The van der Waals surface area contributed by atoms with Crippen LogP contribution in [0.3, 0.4) is 0 Å². The summed E-state index contributed by atoms with van der Waals surface area (Å²) in [4.78, 5) is 30.8. The van der Waals surface area contributed by atoms with E-state index < -0.39 is 38.4 Å². The molecule has 0 aliphatic carbocycles. The second-order valence-corrected chi connectivity index (χ2v) is 5.76. The molecule has 0 radical (unpaired) electrons. The largest absolute Gasteiger partial charge is 0.289 e. The van der Waals surface area contributed by atoms with Crippen molar-refractivity contribution in [1.29, 1.82) is 0 Å². The summed E-state index contributed by atoms with van der Waals surface area (Å²) in [6.07, 6.45) is 0. The van der Waals surface area contributed by atoms with Gasteiger partial charge in [0.2, 0.25) is 0 Å². The number of rotatable bonds is 3. The van der Waals surface area contributed by atoms with E-state index >= 15 is 0 Å². The highest BCUT2D eigenvalue weighted by Crippen LogP contribution is 2.34. The number of carbonyl (C=O) groups excluding carboxylic acids is 2. The maximum atomic E-state index is 12.4. The highest BCUT2D eigenvalue weighted by Gasteiger charge is 2.20. The van der Waals surface area contributed by atoms with Gasteiger partial charge in [-0.1, -0.05) is 23.2 Å². The van der Waals surface area contributed by atoms with Gasteiger partial charge in [-0.25, -0.2) is 13.2 Å². The summed E-state index contributed by atoms with van der Waals surface area (Å²) in [5, 5.41) is 8.06. The maximum absolute atomic E-state index is 12.4. The fourth-order valence-corrected chi connectivity index (χ4v) is 2.30. The molecule has 0 fully saturated rings. The Bertz CT molecular complexity index is 846. The van der Waals surface area contributed by atoms with Crippen LogP contribution in [0.1, 0.15) is 20.7 Å². The smallest absolute Gasteiger partial charge is 0.276 e. The molecule has 0 atom stereocenters. The Hall–Kier alpha value is -1.87. The molecule has 0 heterocycles. The first-order valence-corrected chi connectivity index (χ1v) is 7.65. The topological polar surface area (TPSA) is 77.3 Å². The summed E-state index contributed by atoms with van der Waals surface area (Å²) in [5.41, 5.74) is -0.824. The lowest BCUT2D eigenvalue weighted by Crippen LogP contribution is -1.96. The van der Waals surface area contributed by atoms with Gasteiger partial charge in [0, 0.05) is 11.6 Å². The highest BCUT2D eigenvalue weighted by atomic mass is 35.5. The Labute approximate surface area is 163 Å². The molecule has 2 aromatic carbocycles. The predicted molar refractivity (Wildman–Crippen MR) is 89.8 cm³/mol. The number of carbonyl (C=O) groups is 2. The minimum atomic E-state index is -1.61. The standard InChI is InChI=1S/C7H2Cl3NO3.C7H2ClF3O/c8-5-3(7(10)12)1-2-4(6(5)9)11(13)14;8-7(12)3-1-4(9)6(11)5(10)2-3/h1-2H;1-2H. The van der Waals surface area contributed by atoms with Gasteiger partial charge >= 0.3 is 0 Å². The molecule has 2 aromatic rings. The first-order valence-electron chi connectivity index (χ1n) is 6.14. The first-order chi connectivity index (χ1) is 12.0. The number of benzene rings is 2. The Balaban J connectivity index is 0.000000263. The van der Waals surface area contributed by atoms with E-state index in [0.717, 1.165) is 12.1 Å². The molecule has 0 saturated carbocycles. The second-order valence-electron chi connectivity index (χ2n) is 4.32. The van der Waals surface area contributed by atoms with E-state index in [-0.39, 0.29) is 21.3 Å². The van der Waals surface area contributed by atoms with Crippen molar-refractivity contribution < 1.29 is 27.7 Å². The Morgan fingerprint density at radius 3 is 1.81 bits per heavy atom. The van der Waals surface area contributed by atoms with Crippen LogP contribution in [0.5, 0.6) is 0 Å². The lowest BCUT2D eigenvalue weighted by Gasteiger charge is -2.01. The van der Waals surface area contributed by atoms with Gasteiger partial charge in [0.1, 0.15) is 5.02 Å². The summed E-state index contributed by atoms with van der Waals surface area (Å²) in [6.45, 7) is 0. The maximum Gasteiger partial charge on any atom is 0.289 e. The van der Waals surface area contributed by atoms with Gasteiger partial charge in [0.25, 0.3) is 16.2 Å². The van der Waals surface area contributed by atoms with Gasteiger partial charge in [-0.3, -0.25) is 19.7 Å². The highest BCUT2D eigenvalue weighted by molar-refractivity contribution is 6.69. The number of nitro groups is 1. The molecule has 0 aromatic heterocycles. The molecule has 0 unspecified atom stereocenters. The Morgan fingerprint density at radius 2 is 1.42 bits per heavy atom. The van der Waals surface area contributed by atoms with Crippen molar-refractivity contribution in [3.8, 4) is 0 Å². The predicted octanol–water partition coefficient (Wildman–Crippen LogP) is 5.76. The van der Waals surface area contributed by atoms with Crippen LogP contribution in [0.2, 0.25) is 10.0 Å². The van der Waals surface area contributed by atoms with E-state index in [2.05, 4.69) is 0 Å². The molecule has 0 amide bonds. The van der Waals surface area contributed by atoms with Crippen LogP contribution in [0.25, 0.3) is 0 Å². The number of hydrogen-bond donors (Lipinski definition) is 0. The summed E-state index contributed by atoms with van der Waals surface area (Å²) in [6, 6.07) is 3.30. The average Bonchev–Trinajstić information content (AvgIpc) is 2.54. The zero-order valence-electron chi connectivity index (χ0n) is 12.0. The van der Waals surface area contributed by atoms with Crippen molar-refractivity contribution in [2.45, 2.75) is 0 Å². The molecule has 0 saturated heterocycles. The Kier molecular flexibility index (Phi) is 7.83. The third-order valence-corrected chi connectivity index (χ3v) is 3.97. The van der Waals surface area contributed by atoms with Crippen LogP contribution in [-0.4, -0.2) is 15.4 Å². The Morgan fingerprint density at radius 1 is 0.923 bits per heavy atom. The van der Waals surface area contributed by atoms with Crippen LogP contribution in [0.4, 0.5) is 18.9 Å². The van der Waals surface area contributed by atoms with E-state index in [9.17, 15) is 32.9 Å². The van der Waals surface area contributed by atoms with Crippen molar-refractivity contribution in [1.82, 2.24) is 0 Å². The third kappa shape index (κ3) is 5.31. The lowest BCUT2D eigenvalue weighted by atomic mass is 10.2. The molecule has 26 heavy (non-hydrogen) atoms. The fourth-order valence-electron chi connectivity index (χ4n) is 1.50.